The van der Waals surface area contributed by atoms with Crippen LogP contribution in [-0.2, 0) is 21.2 Å². The van der Waals surface area contributed by atoms with Gasteiger partial charge in [-0.2, -0.15) is 0 Å². The average molecular weight is 448 g/mol. The topological polar surface area (TPSA) is 72.5 Å². The maximum Gasteiger partial charge on any atom is 0.338 e. The number of sulfonamides is 1. The van der Waals surface area contributed by atoms with Crippen LogP contribution in [0.25, 0.3) is 5.57 Å². The van der Waals surface area contributed by atoms with E-state index in [9.17, 15) is 13.2 Å². The molecule has 0 bridgehead atoms. The predicted octanol–water partition coefficient (Wildman–Crippen LogP) is 5.81. The van der Waals surface area contributed by atoms with Gasteiger partial charge in [0.1, 0.15) is 0 Å². The lowest BCUT2D eigenvalue weighted by atomic mass is 10.1. The number of esters is 1. The fraction of sp³-hybridized carbons (Fsp3) is 0.348. The van der Waals surface area contributed by atoms with Gasteiger partial charge in [-0.05, 0) is 60.4 Å². The van der Waals surface area contributed by atoms with Crippen LogP contribution < -0.4 is 4.72 Å². The molecule has 0 saturated carbocycles. The molecular weight excluding hydrogens is 422 g/mol. The van der Waals surface area contributed by atoms with Crippen LogP contribution in [0.1, 0.15) is 61.0 Å². The van der Waals surface area contributed by atoms with Gasteiger partial charge in [-0.15, -0.1) is 0 Å². The Morgan fingerprint density at radius 2 is 1.93 bits per heavy atom. The van der Waals surface area contributed by atoms with E-state index in [4.69, 9.17) is 16.3 Å². The molecule has 0 heterocycles. The predicted molar refractivity (Wildman–Crippen MR) is 121 cm³/mol. The number of fused-ring (bicyclic) bond motifs is 1. The summed E-state index contributed by atoms with van der Waals surface area (Å²) in [6, 6.07) is 11.8. The third-order valence-corrected chi connectivity index (χ3v) is 6.99. The first-order valence-electron chi connectivity index (χ1n) is 10.1. The van der Waals surface area contributed by atoms with E-state index in [0.29, 0.717) is 39.8 Å². The van der Waals surface area contributed by atoms with Crippen LogP contribution in [0.15, 0.2) is 47.4 Å². The van der Waals surface area contributed by atoms with Crippen molar-refractivity contribution in [2.75, 3.05) is 11.3 Å². The number of benzene rings is 2. The molecule has 0 fully saturated rings. The second kappa shape index (κ2) is 9.67. The summed E-state index contributed by atoms with van der Waals surface area (Å²) < 4.78 is 33.9. The van der Waals surface area contributed by atoms with Crippen molar-refractivity contribution in [1.82, 2.24) is 0 Å². The van der Waals surface area contributed by atoms with Crippen LogP contribution in [0.5, 0.6) is 0 Å². The molecule has 160 valence electrons. The number of carbonyl (C=O) groups is 1. The first-order chi connectivity index (χ1) is 14.3. The summed E-state index contributed by atoms with van der Waals surface area (Å²) >= 11 is 6.06. The minimum absolute atomic E-state index is 0.309. The van der Waals surface area contributed by atoms with Gasteiger partial charge in [-0.3, -0.25) is 4.72 Å². The molecule has 1 N–H and O–H groups in total. The lowest BCUT2D eigenvalue weighted by Gasteiger charge is -2.11. The van der Waals surface area contributed by atoms with Gasteiger partial charge in [-0.1, -0.05) is 49.9 Å². The van der Waals surface area contributed by atoms with Gasteiger partial charge in [0.15, 0.2) is 0 Å². The number of hydrogen-bond acceptors (Lipinski definition) is 4. The molecule has 0 aliphatic heterocycles. The molecule has 0 unspecified atom stereocenters. The van der Waals surface area contributed by atoms with Gasteiger partial charge < -0.3 is 4.74 Å². The fourth-order valence-corrected chi connectivity index (χ4v) is 5.10. The van der Waals surface area contributed by atoms with Crippen LogP contribution in [0.4, 0.5) is 5.69 Å². The summed E-state index contributed by atoms with van der Waals surface area (Å²) in [4.78, 5) is 12.6. The van der Waals surface area contributed by atoms with Crippen molar-refractivity contribution in [3.8, 4) is 0 Å². The Morgan fingerprint density at radius 1 is 1.13 bits per heavy atom. The number of ether oxygens (including phenoxy) is 1. The van der Waals surface area contributed by atoms with E-state index in [2.05, 4.69) is 11.6 Å². The summed E-state index contributed by atoms with van der Waals surface area (Å²) in [6.45, 7) is 4.26. The van der Waals surface area contributed by atoms with Crippen molar-refractivity contribution >= 4 is 38.9 Å². The largest absolute Gasteiger partial charge is 0.462 e. The first kappa shape index (κ1) is 22.4. The Morgan fingerprint density at radius 3 is 2.70 bits per heavy atom. The number of unbranched alkanes of at least 4 members (excludes halogenated alkanes) is 3. The van der Waals surface area contributed by atoms with Crippen molar-refractivity contribution < 1.29 is 17.9 Å². The zero-order valence-corrected chi connectivity index (χ0v) is 18.8. The highest BCUT2D eigenvalue weighted by Gasteiger charge is 2.28. The van der Waals surface area contributed by atoms with E-state index in [0.717, 1.165) is 36.8 Å². The highest BCUT2D eigenvalue weighted by Crippen LogP contribution is 2.37. The van der Waals surface area contributed by atoms with Crippen LogP contribution in [0, 0.1) is 0 Å². The average Bonchev–Trinajstić information content (AvgIpc) is 3.04. The molecule has 3 rings (SSSR count). The zero-order chi connectivity index (χ0) is 21.7. The minimum atomic E-state index is -3.78. The molecule has 0 amide bonds. The lowest BCUT2D eigenvalue weighted by Crippen LogP contribution is -2.16. The number of rotatable bonds is 9. The summed E-state index contributed by atoms with van der Waals surface area (Å²) in [5.74, 6) is -0.453. The molecular formula is C23H26ClNO4S. The van der Waals surface area contributed by atoms with E-state index in [1.54, 1.807) is 37.3 Å². The van der Waals surface area contributed by atoms with Gasteiger partial charge in [0.05, 0.1) is 17.1 Å². The molecule has 2 aromatic rings. The summed E-state index contributed by atoms with van der Waals surface area (Å²) in [5, 5.41) is 0.570. The number of hydrogen-bond donors (Lipinski definition) is 1. The molecule has 1 aliphatic rings. The first-order valence-corrected chi connectivity index (χ1v) is 12.0. The lowest BCUT2D eigenvalue weighted by molar-refractivity contribution is 0.0498. The van der Waals surface area contributed by atoms with E-state index in [-0.39, 0.29) is 0 Å². The third kappa shape index (κ3) is 5.24. The molecule has 30 heavy (non-hydrogen) atoms. The molecule has 7 heteroatoms. The summed E-state index contributed by atoms with van der Waals surface area (Å²) in [7, 11) is -3.78. The highest BCUT2D eigenvalue weighted by molar-refractivity contribution is 7.96. The second-order valence-corrected chi connectivity index (χ2v) is 9.55. The summed E-state index contributed by atoms with van der Waals surface area (Å²) in [5.41, 5.74) is 3.10. The molecule has 0 atom stereocenters. The monoisotopic (exact) mass is 447 g/mol. The van der Waals surface area contributed by atoms with E-state index >= 15 is 0 Å². The summed E-state index contributed by atoms with van der Waals surface area (Å²) in [6.07, 6.45) is 4.38. The number of nitrogens with one attached hydrogen (secondary N) is 1. The smallest absolute Gasteiger partial charge is 0.338 e. The maximum absolute atomic E-state index is 13.0. The SMILES string of the molecule is CCCCCCOC(=O)c1cccc(NS(=O)(=O)C2=C(C)c3cc(Cl)ccc3C2)c1. The molecule has 0 aromatic heterocycles. The number of carbonyl (C=O) groups excluding carboxylic acids is 1. The zero-order valence-electron chi connectivity index (χ0n) is 17.2. The molecule has 0 saturated heterocycles. The fourth-order valence-electron chi connectivity index (χ4n) is 3.51. The van der Waals surface area contributed by atoms with Crippen molar-refractivity contribution in [2.24, 2.45) is 0 Å². The van der Waals surface area contributed by atoms with Crippen molar-refractivity contribution in [3.05, 3.63) is 69.1 Å². The molecule has 0 spiro atoms. The van der Waals surface area contributed by atoms with Crippen LogP contribution in [-0.4, -0.2) is 21.0 Å². The van der Waals surface area contributed by atoms with Gasteiger partial charge in [-0.25, -0.2) is 13.2 Å². The number of allylic oxidation sites excluding steroid dienone is 2. The number of halogens is 1. The van der Waals surface area contributed by atoms with E-state index < -0.39 is 16.0 Å². The van der Waals surface area contributed by atoms with Crippen molar-refractivity contribution in [1.29, 1.82) is 0 Å². The maximum atomic E-state index is 13.0. The Kier molecular flexibility index (Phi) is 7.21. The van der Waals surface area contributed by atoms with Crippen LogP contribution in [0.3, 0.4) is 0 Å². The Balaban J connectivity index is 1.71. The molecule has 2 aromatic carbocycles. The Bertz CT molecular complexity index is 1080. The number of anilines is 1. The standard InChI is InChI=1S/C23H26ClNO4S/c1-3-4-5-6-12-29-23(26)18-8-7-9-20(13-18)25-30(27,28)22-14-17-10-11-19(24)15-21(17)16(22)2/h7-11,13,15,25H,3-6,12,14H2,1-2H3. The van der Waals surface area contributed by atoms with Gasteiger partial charge in [0, 0.05) is 17.1 Å². The quantitative estimate of drug-likeness (QED) is 0.389. The van der Waals surface area contributed by atoms with Gasteiger partial charge >= 0.3 is 5.97 Å². The molecule has 5 nitrogen and oxygen atoms in total. The van der Waals surface area contributed by atoms with Crippen LogP contribution in [0.2, 0.25) is 5.02 Å². The second-order valence-electron chi connectivity index (χ2n) is 7.41. The Labute approximate surface area is 183 Å². The van der Waals surface area contributed by atoms with Gasteiger partial charge in [0.2, 0.25) is 0 Å². The van der Waals surface area contributed by atoms with Crippen LogP contribution >= 0.6 is 11.6 Å². The normalized spacial score (nSPS) is 13.3. The Hall–Kier alpha value is -2.31. The third-order valence-electron chi connectivity index (χ3n) is 5.15. The van der Waals surface area contributed by atoms with Gasteiger partial charge in [0.25, 0.3) is 10.0 Å². The van der Waals surface area contributed by atoms with E-state index in [1.807, 2.05) is 6.07 Å². The highest BCUT2D eigenvalue weighted by atomic mass is 35.5. The molecule has 1 aliphatic carbocycles. The van der Waals surface area contributed by atoms with E-state index in [1.165, 1.54) is 6.07 Å². The minimum Gasteiger partial charge on any atom is -0.462 e. The van der Waals surface area contributed by atoms with Crippen molar-refractivity contribution in [3.63, 3.8) is 0 Å². The van der Waals surface area contributed by atoms with Crippen molar-refractivity contribution in [2.45, 2.75) is 46.0 Å². The molecule has 0 radical (unpaired) electrons.